The molecule has 2 aromatic rings. The zero-order chi connectivity index (χ0) is 15.9. The van der Waals surface area contributed by atoms with Crippen molar-refractivity contribution in [3.8, 4) is 11.5 Å². The van der Waals surface area contributed by atoms with E-state index in [1.165, 1.54) is 11.3 Å². The maximum absolute atomic E-state index is 11.9. The van der Waals surface area contributed by atoms with Crippen LogP contribution in [-0.2, 0) is 11.8 Å². The SMILES string of the molecule is C/C=C\c1ccc(OCC(=O)N=c2sccn2C)c(OC)c1. The van der Waals surface area contributed by atoms with Crippen LogP contribution in [0.2, 0.25) is 0 Å². The van der Waals surface area contributed by atoms with Gasteiger partial charge in [-0.25, -0.2) is 0 Å². The first-order chi connectivity index (χ1) is 10.6. The smallest absolute Gasteiger partial charge is 0.286 e. The summed E-state index contributed by atoms with van der Waals surface area (Å²) in [5.41, 5.74) is 1.01. The summed E-state index contributed by atoms with van der Waals surface area (Å²) in [7, 11) is 3.41. The summed E-state index contributed by atoms with van der Waals surface area (Å²) < 4.78 is 12.6. The highest BCUT2D eigenvalue weighted by Gasteiger charge is 2.07. The normalized spacial score (nSPS) is 11.9. The lowest BCUT2D eigenvalue weighted by Crippen LogP contribution is -2.16. The minimum atomic E-state index is -0.336. The van der Waals surface area contributed by atoms with E-state index in [0.29, 0.717) is 16.3 Å². The molecule has 1 heterocycles. The van der Waals surface area contributed by atoms with Gasteiger partial charge in [0.05, 0.1) is 7.11 Å². The van der Waals surface area contributed by atoms with Gasteiger partial charge in [-0.15, -0.1) is 11.3 Å². The van der Waals surface area contributed by atoms with Gasteiger partial charge in [0.1, 0.15) is 0 Å². The first-order valence-corrected chi connectivity index (χ1v) is 7.63. The van der Waals surface area contributed by atoms with Crippen molar-refractivity contribution in [1.29, 1.82) is 0 Å². The van der Waals surface area contributed by atoms with E-state index in [4.69, 9.17) is 9.47 Å². The number of hydrogen-bond acceptors (Lipinski definition) is 4. The number of thiazole rings is 1. The van der Waals surface area contributed by atoms with Crippen molar-refractivity contribution in [1.82, 2.24) is 4.57 Å². The van der Waals surface area contributed by atoms with Crippen LogP contribution in [0.3, 0.4) is 0 Å². The Kier molecular flexibility index (Phi) is 5.55. The average Bonchev–Trinajstić information content (AvgIpc) is 2.91. The van der Waals surface area contributed by atoms with Crippen molar-refractivity contribution in [3.63, 3.8) is 0 Å². The van der Waals surface area contributed by atoms with E-state index in [1.54, 1.807) is 17.7 Å². The molecule has 0 saturated heterocycles. The third-order valence-electron chi connectivity index (χ3n) is 2.88. The molecule has 2 rings (SSSR count). The van der Waals surface area contributed by atoms with Crippen LogP contribution in [0.25, 0.3) is 6.08 Å². The van der Waals surface area contributed by atoms with E-state index < -0.39 is 0 Å². The molecule has 5 nitrogen and oxygen atoms in total. The molecular weight excluding hydrogens is 300 g/mol. The molecule has 0 radical (unpaired) electrons. The molecule has 0 atom stereocenters. The average molecular weight is 318 g/mol. The van der Waals surface area contributed by atoms with Gasteiger partial charge in [-0.2, -0.15) is 4.99 Å². The number of nitrogens with zero attached hydrogens (tertiary/aromatic N) is 2. The topological polar surface area (TPSA) is 52.8 Å². The molecule has 0 spiro atoms. The third kappa shape index (κ3) is 4.08. The van der Waals surface area contributed by atoms with E-state index in [1.807, 2.05) is 49.8 Å². The summed E-state index contributed by atoms with van der Waals surface area (Å²) in [6.45, 7) is 1.82. The van der Waals surface area contributed by atoms with Gasteiger partial charge in [0.2, 0.25) is 0 Å². The third-order valence-corrected chi connectivity index (χ3v) is 3.73. The number of aromatic nitrogens is 1. The number of allylic oxidation sites excluding steroid dienone is 1. The zero-order valence-electron chi connectivity index (χ0n) is 12.8. The Hall–Kier alpha value is -2.34. The molecule has 0 bridgehead atoms. The summed E-state index contributed by atoms with van der Waals surface area (Å²) in [5.74, 6) is 0.776. The molecule has 0 saturated carbocycles. The number of hydrogen-bond donors (Lipinski definition) is 0. The van der Waals surface area contributed by atoms with Gasteiger partial charge in [0.25, 0.3) is 5.91 Å². The quantitative estimate of drug-likeness (QED) is 0.851. The van der Waals surface area contributed by atoms with Crippen LogP contribution in [0.1, 0.15) is 12.5 Å². The van der Waals surface area contributed by atoms with Gasteiger partial charge in [-0.3, -0.25) is 4.79 Å². The molecule has 6 heteroatoms. The standard InChI is InChI=1S/C16H18N2O3S/c1-4-5-12-6-7-13(14(10-12)20-3)21-11-15(19)17-16-18(2)8-9-22-16/h4-10H,11H2,1-3H3/b5-4-,17-16?. The summed E-state index contributed by atoms with van der Waals surface area (Å²) in [5, 5.41) is 1.87. The lowest BCUT2D eigenvalue weighted by atomic mass is 10.2. The number of benzene rings is 1. The van der Waals surface area contributed by atoms with Crippen LogP contribution < -0.4 is 14.3 Å². The first kappa shape index (κ1) is 16.0. The Morgan fingerprint density at radius 2 is 2.23 bits per heavy atom. The van der Waals surface area contributed by atoms with E-state index >= 15 is 0 Å². The Morgan fingerprint density at radius 3 is 2.86 bits per heavy atom. The molecule has 0 N–H and O–H groups in total. The fourth-order valence-corrected chi connectivity index (χ4v) is 2.56. The summed E-state index contributed by atoms with van der Waals surface area (Å²) in [6.07, 6.45) is 5.75. The highest BCUT2D eigenvalue weighted by Crippen LogP contribution is 2.28. The number of aryl methyl sites for hydroxylation is 1. The van der Waals surface area contributed by atoms with E-state index in [9.17, 15) is 4.79 Å². The predicted octanol–water partition coefficient (Wildman–Crippen LogP) is 2.63. The first-order valence-electron chi connectivity index (χ1n) is 6.75. The highest BCUT2D eigenvalue weighted by molar-refractivity contribution is 7.07. The highest BCUT2D eigenvalue weighted by atomic mass is 32.1. The number of rotatable bonds is 5. The van der Waals surface area contributed by atoms with Crippen LogP contribution in [0.15, 0.2) is 40.8 Å². The van der Waals surface area contributed by atoms with E-state index in [0.717, 1.165) is 5.56 Å². The Bertz CT molecular complexity index is 744. The van der Waals surface area contributed by atoms with Crippen LogP contribution in [0.4, 0.5) is 0 Å². The predicted molar refractivity (Wildman–Crippen MR) is 87.1 cm³/mol. The number of amides is 1. The summed E-state index contributed by atoms with van der Waals surface area (Å²) >= 11 is 1.40. The lowest BCUT2D eigenvalue weighted by molar-refractivity contribution is -0.120. The number of ether oxygens (including phenoxy) is 2. The van der Waals surface area contributed by atoms with Gasteiger partial charge in [0.15, 0.2) is 22.9 Å². The monoisotopic (exact) mass is 318 g/mol. The summed E-state index contributed by atoms with van der Waals surface area (Å²) in [6, 6.07) is 5.54. The van der Waals surface area contributed by atoms with Crippen LogP contribution in [-0.4, -0.2) is 24.2 Å². The van der Waals surface area contributed by atoms with Crippen molar-refractivity contribution in [2.24, 2.45) is 12.0 Å². The van der Waals surface area contributed by atoms with Crippen molar-refractivity contribution < 1.29 is 14.3 Å². The molecule has 1 aromatic carbocycles. The number of methoxy groups -OCH3 is 1. The fraction of sp³-hybridized carbons (Fsp3) is 0.250. The van der Waals surface area contributed by atoms with Crippen LogP contribution >= 0.6 is 11.3 Å². The van der Waals surface area contributed by atoms with Crippen molar-refractivity contribution >= 4 is 23.3 Å². The molecule has 1 amide bonds. The lowest BCUT2D eigenvalue weighted by Gasteiger charge is -2.09. The van der Waals surface area contributed by atoms with E-state index in [-0.39, 0.29) is 12.5 Å². The number of carbonyl (C=O) groups is 1. The van der Waals surface area contributed by atoms with E-state index in [2.05, 4.69) is 4.99 Å². The molecule has 22 heavy (non-hydrogen) atoms. The fourth-order valence-electron chi connectivity index (χ4n) is 1.81. The van der Waals surface area contributed by atoms with Crippen molar-refractivity contribution in [3.05, 3.63) is 46.2 Å². The molecule has 0 unspecified atom stereocenters. The van der Waals surface area contributed by atoms with Crippen LogP contribution in [0.5, 0.6) is 11.5 Å². The zero-order valence-corrected chi connectivity index (χ0v) is 13.6. The molecule has 0 aliphatic rings. The second-order valence-electron chi connectivity index (χ2n) is 4.50. The molecular formula is C16H18N2O3S. The summed E-state index contributed by atoms with van der Waals surface area (Å²) in [4.78, 5) is 16.5. The molecule has 0 fully saturated rings. The van der Waals surface area contributed by atoms with Gasteiger partial charge in [-0.1, -0.05) is 18.2 Å². The Balaban J connectivity index is 2.08. The van der Waals surface area contributed by atoms with Gasteiger partial charge < -0.3 is 14.0 Å². The molecule has 0 aliphatic heterocycles. The van der Waals surface area contributed by atoms with Gasteiger partial charge in [-0.05, 0) is 24.6 Å². The second kappa shape index (κ2) is 7.61. The maximum atomic E-state index is 11.9. The number of carbonyl (C=O) groups excluding carboxylic acids is 1. The molecule has 1 aromatic heterocycles. The van der Waals surface area contributed by atoms with Crippen LogP contribution in [0, 0.1) is 0 Å². The van der Waals surface area contributed by atoms with Crippen molar-refractivity contribution in [2.75, 3.05) is 13.7 Å². The minimum absolute atomic E-state index is 0.128. The van der Waals surface area contributed by atoms with Crippen molar-refractivity contribution in [2.45, 2.75) is 6.92 Å². The largest absolute Gasteiger partial charge is 0.493 e. The van der Waals surface area contributed by atoms with Gasteiger partial charge >= 0.3 is 0 Å². The molecule has 116 valence electrons. The molecule has 0 aliphatic carbocycles. The Morgan fingerprint density at radius 1 is 1.41 bits per heavy atom. The second-order valence-corrected chi connectivity index (χ2v) is 5.37. The Labute approximate surface area is 133 Å². The van der Waals surface area contributed by atoms with Gasteiger partial charge in [0, 0.05) is 18.6 Å². The minimum Gasteiger partial charge on any atom is -0.493 e. The maximum Gasteiger partial charge on any atom is 0.286 e.